The summed E-state index contributed by atoms with van der Waals surface area (Å²) in [5.41, 5.74) is 0.500. The van der Waals surface area contributed by atoms with Gasteiger partial charge in [-0.1, -0.05) is 34.1 Å². The van der Waals surface area contributed by atoms with E-state index >= 15 is 0 Å². The van der Waals surface area contributed by atoms with Crippen LogP contribution in [0.1, 0.15) is 59.8 Å². The van der Waals surface area contributed by atoms with Gasteiger partial charge in [-0.3, -0.25) is 0 Å². The lowest BCUT2D eigenvalue weighted by atomic mass is 9.86. The van der Waals surface area contributed by atoms with E-state index in [0.717, 1.165) is 12.0 Å². The summed E-state index contributed by atoms with van der Waals surface area (Å²) in [7, 11) is 0. The van der Waals surface area contributed by atoms with Gasteiger partial charge in [-0.15, -0.1) is 0 Å². The average molecular weight is 257 g/mol. The Morgan fingerprint density at radius 3 is 2.65 bits per heavy atom. The molecule has 0 bridgehead atoms. The van der Waals surface area contributed by atoms with Gasteiger partial charge in [0.2, 0.25) is 0 Å². The van der Waals surface area contributed by atoms with Crippen molar-refractivity contribution in [1.82, 2.24) is 5.32 Å². The summed E-state index contributed by atoms with van der Waals surface area (Å²) in [6, 6.07) is 0.785. The van der Waals surface area contributed by atoms with Crippen LogP contribution in [0.15, 0.2) is 0 Å². The molecule has 1 fully saturated rings. The molecule has 1 aliphatic heterocycles. The fourth-order valence-corrected chi connectivity index (χ4v) is 3.89. The number of hydrogen-bond donors (Lipinski definition) is 1. The lowest BCUT2D eigenvalue weighted by Crippen LogP contribution is -2.37. The summed E-state index contributed by atoms with van der Waals surface area (Å²) in [5.74, 6) is 3.71. The van der Waals surface area contributed by atoms with E-state index < -0.39 is 0 Å². The third-order valence-electron chi connectivity index (χ3n) is 3.63. The molecule has 0 aromatic heterocycles. The van der Waals surface area contributed by atoms with Crippen molar-refractivity contribution < 1.29 is 0 Å². The van der Waals surface area contributed by atoms with E-state index in [1.165, 1.54) is 50.2 Å². The Bertz CT molecular complexity index is 192. The molecule has 2 unspecified atom stereocenters. The second-order valence-electron chi connectivity index (χ2n) is 6.64. The van der Waals surface area contributed by atoms with Gasteiger partial charge in [0.1, 0.15) is 0 Å². The number of thioether (sulfide) groups is 1. The molecule has 0 amide bonds. The van der Waals surface area contributed by atoms with Gasteiger partial charge in [-0.05, 0) is 55.1 Å². The fourth-order valence-electron chi connectivity index (χ4n) is 2.56. The first kappa shape index (κ1) is 15.4. The van der Waals surface area contributed by atoms with E-state index in [-0.39, 0.29) is 0 Å². The Morgan fingerprint density at radius 2 is 2.12 bits per heavy atom. The van der Waals surface area contributed by atoms with Crippen LogP contribution in [0, 0.1) is 11.3 Å². The largest absolute Gasteiger partial charge is 0.314 e. The maximum Gasteiger partial charge on any atom is 0.0103 e. The molecule has 0 aromatic carbocycles. The van der Waals surface area contributed by atoms with Crippen molar-refractivity contribution in [3.8, 4) is 0 Å². The van der Waals surface area contributed by atoms with Crippen LogP contribution >= 0.6 is 11.8 Å². The van der Waals surface area contributed by atoms with Crippen LogP contribution in [0.2, 0.25) is 0 Å². The van der Waals surface area contributed by atoms with E-state index in [9.17, 15) is 0 Å². The highest BCUT2D eigenvalue weighted by molar-refractivity contribution is 7.99. The predicted octanol–water partition coefficient (Wildman–Crippen LogP) is 4.32. The summed E-state index contributed by atoms with van der Waals surface area (Å²) in [6.07, 6.45) is 6.81. The van der Waals surface area contributed by atoms with Crippen LogP contribution in [0.4, 0.5) is 0 Å². The molecule has 17 heavy (non-hydrogen) atoms. The zero-order chi connectivity index (χ0) is 12.7. The molecule has 1 saturated heterocycles. The molecule has 0 aliphatic carbocycles. The van der Waals surface area contributed by atoms with Crippen LogP contribution in [0.3, 0.4) is 0 Å². The Balaban J connectivity index is 2.29. The van der Waals surface area contributed by atoms with Gasteiger partial charge in [0, 0.05) is 6.04 Å². The van der Waals surface area contributed by atoms with Gasteiger partial charge in [-0.2, -0.15) is 11.8 Å². The molecular formula is C15H31NS. The molecular weight excluding hydrogens is 226 g/mol. The Morgan fingerprint density at radius 1 is 1.35 bits per heavy atom. The van der Waals surface area contributed by atoms with Crippen molar-refractivity contribution in [2.75, 3.05) is 18.1 Å². The molecule has 2 atom stereocenters. The van der Waals surface area contributed by atoms with Gasteiger partial charge in [0.15, 0.2) is 0 Å². The van der Waals surface area contributed by atoms with Crippen molar-refractivity contribution in [3.05, 3.63) is 0 Å². The van der Waals surface area contributed by atoms with Crippen LogP contribution in [-0.4, -0.2) is 24.1 Å². The third-order valence-corrected chi connectivity index (χ3v) is 4.82. The smallest absolute Gasteiger partial charge is 0.0103 e. The molecule has 102 valence electrons. The van der Waals surface area contributed by atoms with Gasteiger partial charge in [0.25, 0.3) is 0 Å². The van der Waals surface area contributed by atoms with Gasteiger partial charge < -0.3 is 5.32 Å². The Hall–Kier alpha value is 0.310. The first-order chi connectivity index (χ1) is 8.03. The Labute approximate surface area is 113 Å². The molecule has 1 nitrogen and oxygen atoms in total. The van der Waals surface area contributed by atoms with E-state index in [1.54, 1.807) is 0 Å². The van der Waals surface area contributed by atoms with Crippen LogP contribution in [0.5, 0.6) is 0 Å². The average Bonchev–Trinajstić information content (AvgIpc) is 2.74. The first-order valence-electron chi connectivity index (χ1n) is 7.34. The van der Waals surface area contributed by atoms with Crippen molar-refractivity contribution in [3.63, 3.8) is 0 Å². The quantitative estimate of drug-likeness (QED) is 0.729. The monoisotopic (exact) mass is 257 g/mol. The number of rotatable bonds is 7. The van der Waals surface area contributed by atoms with E-state index in [4.69, 9.17) is 0 Å². The molecule has 0 spiro atoms. The molecule has 0 radical (unpaired) electrons. The lowest BCUT2D eigenvalue weighted by molar-refractivity contribution is 0.309. The second-order valence-corrected chi connectivity index (χ2v) is 7.79. The molecule has 0 saturated carbocycles. The van der Waals surface area contributed by atoms with Crippen molar-refractivity contribution in [2.24, 2.45) is 11.3 Å². The summed E-state index contributed by atoms with van der Waals surface area (Å²) in [5, 5.41) is 3.78. The van der Waals surface area contributed by atoms with Crippen LogP contribution in [0.25, 0.3) is 0 Å². The predicted molar refractivity (Wildman–Crippen MR) is 80.8 cm³/mol. The zero-order valence-electron chi connectivity index (χ0n) is 12.2. The highest BCUT2D eigenvalue weighted by atomic mass is 32.2. The minimum atomic E-state index is 0.500. The SMILES string of the molecule is CCCNC(CCCC(C)(C)C)C1CCSC1. The number of nitrogens with one attached hydrogen (secondary N) is 1. The normalized spacial score (nSPS) is 22.9. The minimum absolute atomic E-state index is 0.500. The zero-order valence-corrected chi connectivity index (χ0v) is 13.0. The molecule has 2 heteroatoms. The highest BCUT2D eigenvalue weighted by Crippen LogP contribution is 2.30. The van der Waals surface area contributed by atoms with Crippen molar-refractivity contribution in [1.29, 1.82) is 0 Å². The van der Waals surface area contributed by atoms with Gasteiger partial charge >= 0.3 is 0 Å². The molecule has 1 aliphatic rings. The summed E-state index contributed by atoms with van der Waals surface area (Å²) in [6.45, 7) is 10.5. The van der Waals surface area contributed by atoms with Crippen molar-refractivity contribution in [2.45, 2.75) is 65.8 Å². The second kappa shape index (κ2) is 7.68. The number of hydrogen-bond acceptors (Lipinski definition) is 2. The van der Waals surface area contributed by atoms with Crippen molar-refractivity contribution >= 4 is 11.8 Å². The standard InChI is InChI=1S/C15H31NS/c1-5-10-16-14(13-8-11-17-12-13)7-6-9-15(2,3)4/h13-14,16H,5-12H2,1-4H3. The van der Waals surface area contributed by atoms with E-state index in [2.05, 4.69) is 44.8 Å². The maximum atomic E-state index is 3.78. The Kier molecular flexibility index (Phi) is 6.94. The van der Waals surface area contributed by atoms with E-state index in [1.807, 2.05) is 0 Å². The summed E-state index contributed by atoms with van der Waals surface area (Å²) in [4.78, 5) is 0. The van der Waals surface area contributed by atoms with Gasteiger partial charge in [-0.25, -0.2) is 0 Å². The molecule has 1 heterocycles. The molecule has 1 N–H and O–H groups in total. The fraction of sp³-hybridized carbons (Fsp3) is 1.00. The summed E-state index contributed by atoms with van der Waals surface area (Å²) < 4.78 is 0. The van der Waals surface area contributed by atoms with Crippen LogP contribution < -0.4 is 5.32 Å². The van der Waals surface area contributed by atoms with Crippen LogP contribution in [-0.2, 0) is 0 Å². The molecule has 1 rings (SSSR count). The van der Waals surface area contributed by atoms with E-state index in [0.29, 0.717) is 5.41 Å². The summed E-state index contributed by atoms with van der Waals surface area (Å²) >= 11 is 2.14. The topological polar surface area (TPSA) is 12.0 Å². The lowest BCUT2D eigenvalue weighted by Gasteiger charge is -2.26. The maximum absolute atomic E-state index is 3.78. The van der Waals surface area contributed by atoms with Gasteiger partial charge in [0.05, 0.1) is 0 Å². The molecule has 0 aromatic rings. The highest BCUT2D eigenvalue weighted by Gasteiger charge is 2.24. The third kappa shape index (κ3) is 6.71. The first-order valence-corrected chi connectivity index (χ1v) is 8.49. The minimum Gasteiger partial charge on any atom is -0.314 e.